The van der Waals surface area contributed by atoms with Gasteiger partial charge in [-0.2, -0.15) is 5.26 Å². The fourth-order valence-corrected chi connectivity index (χ4v) is 1.53. The van der Waals surface area contributed by atoms with Crippen molar-refractivity contribution in [1.82, 2.24) is 4.90 Å². The summed E-state index contributed by atoms with van der Waals surface area (Å²) in [7, 11) is 5.09. The number of hydrogen-bond donors (Lipinski definition) is 0. The minimum Gasteiger partial charge on any atom is -0.493 e. The van der Waals surface area contributed by atoms with Crippen LogP contribution in [0.15, 0.2) is 17.1 Å². The third kappa shape index (κ3) is 4.98. The molecule has 7 heteroatoms. The number of nitriles is 1. The highest BCUT2D eigenvalue weighted by atomic mass is 16.6. The van der Waals surface area contributed by atoms with Gasteiger partial charge in [-0.25, -0.2) is 9.79 Å². The number of methoxy groups -OCH3 is 1. The summed E-state index contributed by atoms with van der Waals surface area (Å²) in [6.07, 6.45) is 1.57. The Bertz CT molecular complexity index is 591. The second kappa shape index (κ2) is 8.52. The van der Waals surface area contributed by atoms with Crippen LogP contribution in [0.3, 0.4) is 0 Å². The standard InChI is InChI=1S/C15H19N3O4/c1-5-21-15(19)9-22-14-7-12(17-10-18(2)3)11(8-16)6-13(14)20-4/h6-7,10H,5,9H2,1-4H3. The Morgan fingerprint density at radius 1 is 1.41 bits per heavy atom. The van der Waals surface area contributed by atoms with Crippen LogP contribution in [0.4, 0.5) is 5.69 Å². The molecule has 0 amide bonds. The highest BCUT2D eigenvalue weighted by Gasteiger charge is 2.13. The van der Waals surface area contributed by atoms with Crippen LogP contribution in [0.1, 0.15) is 12.5 Å². The molecule has 0 bridgehead atoms. The van der Waals surface area contributed by atoms with E-state index in [9.17, 15) is 10.1 Å². The zero-order chi connectivity index (χ0) is 16.5. The van der Waals surface area contributed by atoms with E-state index in [1.165, 1.54) is 13.2 Å². The maximum Gasteiger partial charge on any atom is 0.344 e. The molecule has 118 valence electrons. The lowest BCUT2D eigenvalue weighted by Crippen LogP contribution is -2.15. The summed E-state index contributed by atoms with van der Waals surface area (Å²) in [5.74, 6) is 0.192. The lowest BCUT2D eigenvalue weighted by Gasteiger charge is -2.12. The quantitative estimate of drug-likeness (QED) is 0.433. The van der Waals surface area contributed by atoms with Crippen molar-refractivity contribution >= 4 is 18.0 Å². The Balaban J connectivity index is 3.07. The highest BCUT2D eigenvalue weighted by molar-refractivity contribution is 5.72. The molecule has 22 heavy (non-hydrogen) atoms. The van der Waals surface area contributed by atoms with Gasteiger partial charge in [-0.05, 0) is 6.92 Å². The van der Waals surface area contributed by atoms with Crippen molar-refractivity contribution in [1.29, 1.82) is 5.26 Å². The van der Waals surface area contributed by atoms with Crippen molar-refractivity contribution in [3.8, 4) is 17.6 Å². The van der Waals surface area contributed by atoms with Gasteiger partial charge < -0.3 is 19.1 Å². The number of benzene rings is 1. The van der Waals surface area contributed by atoms with Crippen LogP contribution >= 0.6 is 0 Å². The summed E-state index contributed by atoms with van der Waals surface area (Å²) in [5, 5.41) is 9.17. The summed E-state index contributed by atoms with van der Waals surface area (Å²) in [5.41, 5.74) is 0.772. The van der Waals surface area contributed by atoms with Gasteiger partial charge in [-0.3, -0.25) is 0 Å². The summed E-state index contributed by atoms with van der Waals surface area (Å²) < 4.78 is 15.4. The van der Waals surface area contributed by atoms with Gasteiger partial charge in [-0.1, -0.05) is 0 Å². The first kappa shape index (κ1) is 17.3. The molecule has 0 aliphatic heterocycles. The van der Waals surface area contributed by atoms with Gasteiger partial charge in [-0.15, -0.1) is 0 Å². The van der Waals surface area contributed by atoms with Gasteiger partial charge in [0.1, 0.15) is 6.07 Å². The molecule has 0 saturated carbocycles. The molecule has 0 saturated heterocycles. The number of carbonyl (C=O) groups excluding carboxylic acids is 1. The SMILES string of the molecule is CCOC(=O)COc1cc(N=CN(C)C)c(C#N)cc1OC. The van der Waals surface area contributed by atoms with Crippen LogP contribution in [0.2, 0.25) is 0 Å². The maximum atomic E-state index is 11.4. The molecule has 0 unspecified atom stereocenters. The van der Waals surface area contributed by atoms with E-state index in [4.69, 9.17) is 14.2 Å². The molecule has 0 spiro atoms. The van der Waals surface area contributed by atoms with Crippen molar-refractivity contribution in [2.75, 3.05) is 34.4 Å². The van der Waals surface area contributed by atoms with E-state index in [0.29, 0.717) is 22.7 Å². The van der Waals surface area contributed by atoms with Crippen LogP contribution in [-0.4, -0.2) is 51.6 Å². The van der Waals surface area contributed by atoms with Crippen molar-refractivity contribution in [2.45, 2.75) is 6.92 Å². The van der Waals surface area contributed by atoms with E-state index in [-0.39, 0.29) is 13.2 Å². The first-order valence-electron chi connectivity index (χ1n) is 6.63. The van der Waals surface area contributed by atoms with Gasteiger partial charge in [0.25, 0.3) is 0 Å². The molecule has 7 nitrogen and oxygen atoms in total. The minimum absolute atomic E-state index is 0.243. The number of carbonyl (C=O) groups is 1. The maximum absolute atomic E-state index is 11.4. The third-order valence-electron chi connectivity index (χ3n) is 2.48. The van der Waals surface area contributed by atoms with Crippen LogP contribution in [0.25, 0.3) is 0 Å². The number of ether oxygens (including phenoxy) is 3. The van der Waals surface area contributed by atoms with Gasteiger partial charge in [0.05, 0.1) is 31.3 Å². The lowest BCUT2D eigenvalue weighted by atomic mass is 10.1. The molecule has 0 atom stereocenters. The third-order valence-corrected chi connectivity index (χ3v) is 2.48. The van der Waals surface area contributed by atoms with Gasteiger partial charge >= 0.3 is 5.97 Å². The smallest absolute Gasteiger partial charge is 0.344 e. The molecule has 1 aromatic rings. The minimum atomic E-state index is -0.479. The molecule has 0 fully saturated rings. The zero-order valence-corrected chi connectivity index (χ0v) is 13.1. The van der Waals surface area contributed by atoms with Gasteiger partial charge in [0.15, 0.2) is 18.1 Å². The van der Waals surface area contributed by atoms with Crippen molar-refractivity contribution < 1.29 is 19.0 Å². The number of nitrogens with zero attached hydrogens (tertiary/aromatic N) is 3. The monoisotopic (exact) mass is 305 g/mol. The van der Waals surface area contributed by atoms with E-state index in [1.807, 2.05) is 20.2 Å². The molecule has 0 radical (unpaired) electrons. The summed E-state index contributed by atoms with van der Waals surface area (Å²) in [4.78, 5) is 17.3. The van der Waals surface area contributed by atoms with Crippen LogP contribution in [-0.2, 0) is 9.53 Å². The van der Waals surface area contributed by atoms with E-state index in [2.05, 4.69) is 4.99 Å². The Morgan fingerprint density at radius 2 is 2.14 bits per heavy atom. The molecular weight excluding hydrogens is 286 g/mol. The second-order valence-electron chi connectivity index (χ2n) is 4.43. The van der Waals surface area contributed by atoms with E-state index < -0.39 is 5.97 Å². The van der Waals surface area contributed by atoms with E-state index >= 15 is 0 Å². The normalized spacial score (nSPS) is 10.1. The van der Waals surface area contributed by atoms with E-state index in [1.54, 1.807) is 24.2 Å². The van der Waals surface area contributed by atoms with E-state index in [0.717, 1.165) is 0 Å². The van der Waals surface area contributed by atoms with Crippen LogP contribution in [0, 0.1) is 11.3 Å². The first-order chi connectivity index (χ1) is 10.5. The Hall–Kier alpha value is -2.75. The van der Waals surface area contributed by atoms with Crippen molar-refractivity contribution in [3.05, 3.63) is 17.7 Å². The topological polar surface area (TPSA) is 84.2 Å². The Kier molecular flexibility index (Phi) is 6.70. The number of esters is 1. The second-order valence-corrected chi connectivity index (χ2v) is 4.43. The number of rotatable bonds is 7. The summed E-state index contributed by atoms with van der Waals surface area (Å²) >= 11 is 0. The predicted octanol–water partition coefficient (Wildman–Crippen LogP) is 1.73. The molecule has 0 aliphatic carbocycles. The van der Waals surface area contributed by atoms with Crippen LogP contribution < -0.4 is 9.47 Å². The Morgan fingerprint density at radius 3 is 2.68 bits per heavy atom. The largest absolute Gasteiger partial charge is 0.493 e. The lowest BCUT2D eigenvalue weighted by molar-refractivity contribution is -0.145. The van der Waals surface area contributed by atoms with Crippen LogP contribution in [0.5, 0.6) is 11.5 Å². The highest BCUT2D eigenvalue weighted by Crippen LogP contribution is 2.34. The molecule has 0 N–H and O–H groups in total. The van der Waals surface area contributed by atoms with Gasteiger partial charge in [0.2, 0.25) is 0 Å². The molecule has 1 aromatic carbocycles. The first-order valence-corrected chi connectivity index (χ1v) is 6.63. The Labute approximate surface area is 129 Å². The number of aliphatic imine (C=N–C) groups is 1. The number of hydrogen-bond acceptors (Lipinski definition) is 6. The van der Waals surface area contributed by atoms with Crippen molar-refractivity contribution in [3.63, 3.8) is 0 Å². The summed E-state index contributed by atoms with van der Waals surface area (Å²) in [6.45, 7) is 1.76. The molecule has 0 aliphatic rings. The molecular formula is C15H19N3O4. The zero-order valence-electron chi connectivity index (χ0n) is 13.1. The molecule has 0 aromatic heterocycles. The van der Waals surface area contributed by atoms with Crippen molar-refractivity contribution in [2.24, 2.45) is 4.99 Å². The summed E-state index contributed by atoms with van der Waals surface area (Å²) in [6, 6.07) is 5.12. The fourth-order valence-electron chi connectivity index (χ4n) is 1.53. The predicted molar refractivity (Wildman–Crippen MR) is 81.7 cm³/mol. The molecule has 0 heterocycles. The average Bonchev–Trinajstić information content (AvgIpc) is 2.50. The fraction of sp³-hybridized carbons (Fsp3) is 0.400. The van der Waals surface area contributed by atoms with Gasteiger partial charge in [0, 0.05) is 26.2 Å². The molecule has 1 rings (SSSR count). The average molecular weight is 305 g/mol.